The van der Waals surface area contributed by atoms with Gasteiger partial charge in [0.25, 0.3) is 0 Å². The van der Waals surface area contributed by atoms with E-state index in [1.54, 1.807) is 48.5 Å². The summed E-state index contributed by atoms with van der Waals surface area (Å²) >= 11 is 0. The van der Waals surface area contributed by atoms with Gasteiger partial charge in [-0.1, -0.05) is 182 Å². The van der Waals surface area contributed by atoms with Crippen LogP contribution in [0.2, 0.25) is 0 Å². The molecule has 16 heteroatoms. The number of carboxylic acids is 2. The Bertz CT molecular complexity index is 2380. The second kappa shape index (κ2) is 34.8. The van der Waals surface area contributed by atoms with Crippen LogP contribution in [0.1, 0.15) is 59.1 Å². The zero-order chi connectivity index (χ0) is 49.8. The molecule has 2 N–H and O–H groups in total. The van der Waals surface area contributed by atoms with Crippen LogP contribution in [0, 0.1) is 0 Å². The van der Waals surface area contributed by atoms with E-state index in [2.05, 4.69) is 44.4 Å². The summed E-state index contributed by atoms with van der Waals surface area (Å²) in [4.78, 5) is 75.1. The van der Waals surface area contributed by atoms with Gasteiger partial charge in [-0.2, -0.15) is 0 Å². The van der Waals surface area contributed by atoms with Crippen LogP contribution in [0.25, 0.3) is 0 Å². The third kappa shape index (κ3) is 23.8. The Morgan fingerprint density at radius 1 is 0.389 bits per heavy atom. The maximum absolute atomic E-state index is 13.1. The maximum atomic E-state index is 13.1. The number of nitrogens with zero attached hydrogens (tertiary/aromatic N) is 2. The molecule has 0 bridgehead atoms. The van der Waals surface area contributed by atoms with Crippen molar-refractivity contribution in [3.8, 4) is 0 Å². The molecule has 0 heterocycles. The van der Waals surface area contributed by atoms with E-state index in [1.807, 2.05) is 109 Å². The minimum absolute atomic E-state index is 0. The van der Waals surface area contributed by atoms with Crippen molar-refractivity contribution in [2.24, 2.45) is 9.49 Å². The molecule has 12 nitrogen and oxygen atoms in total. The van der Waals surface area contributed by atoms with Crippen LogP contribution < -0.4 is 68.4 Å². The van der Waals surface area contributed by atoms with Gasteiger partial charge in [0.15, 0.2) is 28.0 Å². The van der Waals surface area contributed by atoms with E-state index in [-0.39, 0.29) is 63.4 Å². The predicted octanol–water partition coefficient (Wildman–Crippen LogP) is 0.0856. The average molecular weight is 993 g/mol. The number of nitrogens with one attached hydrogen (secondary N) is 2. The molecule has 0 fully saturated rings. The smallest absolute Gasteiger partial charge is 0.612 e. The molecule has 6 aromatic carbocycles. The Labute approximate surface area is 450 Å². The Balaban J connectivity index is 0.000000370. The number of benzene rings is 6. The summed E-state index contributed by atoms with van der Waals surface area (Å²) in [6.07, 6.45) is 6.42. The second-order valence-corrected chi connectivity index (χ2v) is 19.6. The number of hydrogen-bond acceptors (Lipinski definition) is 10. The van der Waals surface area contributed by atoms with Crippen molar-refractivity contribution in [1.29, 1.82) is 0 Å². The normalized spacial score (nSPS) is 12.8. The summed E-state index contributed by atoms with van der Waals surface area (Å²) in [6, 6.07) is 52.5. The third-order valence-electron chi connectivity index (χ3n) is 11.3. The first-order valence-corrected chi connectivity index (χ1v) is 26.4. The first-order valence-electron chi connectivity index (χ1n) is 23.6. The molecule has 0 spiro atoms. The van der Waals surface area contributed by atoms with E-state index in [9.17, 15) is 39.2 Å². The van der Waals surface area contributed by atoms with Gasteiger partial charge < -0.3 is 40.2 Å². The van der Waals surface area contributed by atoms with Crippen LogP contribution in [0.4, 0.5) is 0 Å². The summed E-state index contributed by atoms with van der Waals surface area (Å²) in [6.45, 7) is 0. The van der Waals surface area contributed by atoms with Gasteiger partial charge in [0, 0.05) is 12.8 Å². The molecule has 6 atom stereocenters. The van der Waals surface area contributed by atoms with Gasteiger partial charge in [0.2, 0.25) is 11.8 Å². The van der Waals surface area contributed by atoms with E-state index in [0.29, 0.717) is 12.3 Å². The number of carbonyl (C=O) groups is 4. The number of aliphatic carboxylic acids is 2. The Morgan fingerprint density at radius 2 is 0.639 bits per heavy atom. The largest absolute Gasteiger partial charge is 1.00 e. The van der Waals surface area contributed by atoms with Gasteiger partial charge in [-0.25, -0.2) is 0 Å². The molecule has 6 aromatic rings. The van der Waals surface area contributed by atoms with Gasteiger partial charge in [-0.3, -0.25) is 9.59 Å². The molecule has 72 heavy (non-hydrogen) atoms. The minimum Gasteiger partial charge on any atom is -0.612 e. The van der Waals surface area contributed by atoms with Crippen molar-refractivity contribution >= 4 is 39.6 Å². The van der Waals surface area contributed by atoms with Crippen molar-refractivity contribution < 1.29 is 76.9 Å². The van der Waals surface area contributed by atoms with E-state index in [4.69, 9.17) is 0 Å². The monoisotopic (exact) mass is 992 g/mol. The summed E-state index contributed by atoms with van der Waals surface area (Å²) in [5.74, 6) is -3.87. The standard InChI is InChI=1S/2C28H31N2O4P.2Li/c2*31-27(29-26(28(32)33)21-24-17-8-3-9-18-24)25(20-23-15-6-2-7-16-23)30-35(34)19-11-10-14-22-12-4-1-5-13-22;;/h2*1-9,12-13,15-18,25-26H,10-11,14,19-21H2,(H,29,31)(H,32,33);;/q;;2*+1/p-2/t2*25-,26-;;/m00../s1. The van der Waals surface area contributed by atoms with E-state index in [0.717, 1.165) is 60.8 Å². The van der Waals surface area contributed by atoms with E-state index < -0.39 is 63.8 Å². The van der Waals surface area contributed by atoms with Crippen molar-refractivity contribution in [2.75, 3.05) is 12.3 Å². The molecular weight excluding hydrogens is 932 g/mol. The molecule has 0 saturated heterocycles. The second-order valence-electron chi connectivity index (χ2n) is 16.8. The topological polar surface area (TPSA) is 209 Å². The Kier molecular flexibility index (Phi) is 29.4. The summed E-state index contributed by atoms with van der Waals surface area (Å²) in [5.41, 5.74) is 5.71. The van der Waals surface area contributed by atoms with Gasteiger partial charge in [-0.05, 0) is 84.7 Å². The molecule has 364 valence electrons. The first kappa shape index (κ1) is 60.8. The Hall–Kier alpha value is -5.49. The van der Waals surface area contributed by atoms with E-state index in [1.165, 1.54) is 11.1 Å². The molecule has 0 radical (unpaired) electrons. The quantitative estimate of drug-likeness (QED) is 0.0432. The number of unbranched alkanes of at least 4 members (excludes halogenated alkanes) is 2. The molecule has 0 aromatic heterocycles. The fourth-order valence-corrected chi connectivity index (χ4v) is 9.75. The van der Waals surface area contributed by atoms with Crippen molar-refractivity contribution in [1.82, 2.24) is 10.6 Å². The number of amides is 2. The number of hydrogen-bond donors (Lipinski definition) is 2. The fraction of sp³-hybridized carbons (Fsp3) is 0.286. The SMILES string of the molecule is O=C(N[C@@H](Cc1ccccc1)C(=O)[O-])[C@H](Cc1ccccc1)N=[P+]([O-])CCCCc1ccccc1.O=C(N[C@@H](Cc1ccccc1)C(=O)[O-])[C@H](Cc1ccccc1)N=[P+]([O-])CCCCc1ccccc1.[Li+].[Li+]. The number of carboxylic acid groups (broad SMARTS) is 2. The fourth-order valence-electron chi connectivity index (χ4n) is 7.54. The van der Waals surface area contributed by atoms with Crippen LogP contribution in [-0.2, 0) is 57.7 Å². The summed E-state index contributed by atoms with van der Waals surface area (Å²) < 4.78 is 8.64. The molecular formula is C56H60Li2N4O8P2. The molecule has 0 aliphatic heterocycles. The number of aryl methyl sites for hydroxylation is 2. The van der Waals surface area contributed by atoms with Crippen molar-refractivity contribution in [3.05, 3.63) is 215 Å². The summed E-state index contributed by atoms with van der Waals surface area (Å²) in [7, 11) is -3.93. The van der Waals surface area contributed by atoms with E-state index >= 15 is 0 Å². The third-order valence-corrected chi connectivity index (χ3v) is 13.7. The van der Waals surface area contributed by atoms with Crippen LogP contribution in [0.5, 0.6) is 0 Å². The maximum Gasteiger partial charge on any atom is 1.00 e. The number of rotatable bonds is 26. The van der Waals surface area contributed by atoms with Crippen molar-refractivity contribution in [3.63, 3.8) is 0 Å². The minimum atomic E-state index is -1.97. The molecule has 0 aliphatic rings. The molecule has 6 rings (SSSR count). The zero-order valence-electron chi connectivity index (χ0n) is 41.2. The first-order chi connectivity index (χ1) is 34.0. The predicted molar refractivity (Wildman–Crippen MR) is 269 cm³/mol. The average Bonchev–Trinajstić information content (AvgIpc) is 3.37. The van der Waals surface area contributed by atoms with Crippen LogP contribution in [0.15, 0.2) is 191 Å². The Morgan fingerprint density at radius 3 is 0.903 bits per heavy atom. The van der Waals surface area contributed by atoms with Crippen LogP contribution in [0.3, 0.4) is 0 Å². The molecule has 0 saturated carbocycles. The molecule has 2 unspecified atom stereocenters. The van der Waals surface area contributed by atoms with Crippen LogP contribution in [-0.4, -0.2) is 60.2 Å². The zero-order valence-corrected chi connectivity index (χ0v) is 43.0. The molecule has 2 amide bonds. The van der Waals surface area contributed by atoms with Gasteiger partial charge in [0.1, 0.15) is 12.3 Å². The van der Waals surface area contributed by atoms with Crippen molar-refractivity contribution in [2.45, 2.75) is 88.4 Å². The number of carbonyl (C=O) groups excluding carboxylic acids is 4. The summed E-state index contributed by atoms with van der Waals surface area (Å²) in [5, 5.41) is 28.6. The molecule has 0 aliphatic carbocycles. The van der Waals surface area contributed by atoms with Gasteiger partial charge in [0.05, 0.1) is 24.0 Å². The van der Waals surface area contributed by atoms with Gasteiger partial charge >= 0.3 is 37.7 Å². The van der Waals surface area contributed by atoms with Gasteiger partial charge in [-0.15, -0.1) is 9.49 Å². The van der Waals surface area contributed by atoms with Crippen LogP contribution >= 0.6 is 15.9 Å².